The molecular formula is C24H24ClF3N4O5. The lowest BCUT2D eigenvalue weighted by molar-refractivity contribution is -0.340. The molecule has 2 N–H and O–H groups in total. The van der Waals surface area contributed by atoms with Gasteiger partial charge in [0.15, 0.2) is 6.10 Å². The van der Waals surface area contributed by atoms with Gasteiger partial charge in [-0.2, -0.15) is 0 Å². The summed E-state index contributed by atoms with van der Waals surface area (Å²) >= 11 is 5.99. The summed E-state index contributed by atoms with van der Waals surface area (Å²) in [6.45, 7) is 0.0309. The van der Waals surface area contributed by atoms with E-state index in [4.69, 9.17) is 16.3 Å². The zero-order valence-corrected chi connectivity index (χ0v) is 20.3. The molecule has 1 aromatic heterocycles. The van der Waals surface area contributed by atoms with Gasteiger partial charge in [-0.1, -0.05) is 11.6 Å². The molecule has 2 aliphatic heterocycles. The molecule has 2 amide bonds. The van der Waals surface area contributed by atoms with Crippen molar-refractivity contribution in [1.82, 2.24) is 19.8 Å². The first-order valence-corrected chi connectivity index (χ1v) is 12.4. The number of aliphatic hydroxyl groups excluding tert-OH is 1. The summed E-state index contributed by atoms with van der Waals surface area (Å²) in [4.78, 5) is 31.2. The quantitative estimate of drug-likeness (QED) is 0.604. The van der Waals surface area contributed by atoms with Crippen molar-refractivity contribution in [3.63, 3.8) is 0 Å². The maximum Gasteiger partial charge on any atom is 0.522 e. The summed E-state index contributed by atoms with van der Waals surface area (Å²) in [6, 6.07) is 4.91. The van der Waals surface area contributed by atoms with Crippen LogP contribution in [0.25, 0.3) is 0 Å². The van der Waals surface area contributed by atoms with Gasteiger partial charge >= 0.3 is 6.36 Å². The minimum absolute atomic E-state index is 0.110. The molecule has 1 aromatic carbocycles. The van der Waals surface area contributed by atoms with Gasteiger partial charge in [-0.15, -0.1) is 13.2 Å². The van der Waals surface area contributed by atoms with Crippen molar-refractivity contribution in [3.8, 4) is 5.75 Å². The number of nitrogens with one attached hydrogen (secondary N) is 1. The number of benzene rings is 1. The van der Waals surface area contributed by atoms with Crippen LogP contribution in [0.3, 0.4) is 0 Å². The molecule has 5 aliphatic rings. The van der Waals surface area contributed by atoms with Gasteiger partial charge in [0.25, 0.3) is 11.8 Å². The van der Waals surface area contributed by atoms with E-state index in [1.807, 2.05) is 4.57 Å². The monoisotopic (exact) mass is 540 g/mol. The van der Waals surface area contributed by atoms with Crippen LogP contribution in [0.4, 0.5) is 13.2 Å². The Balaban J connectivity index is 1.04. The number of halogens is 4. The number of imidazole rings is 1. The molecule has 0 spiro atoms. The van der Waals surface area contributed by atoms with Crippen LogP contribution < -0.4 is 10.1 Å². The third-order valence-corrected chi connectivity index (χ3v) is 8.04. The second kappa shape index (κ2) is 8.34. The number of hydrogen-bond acceptors (Lipinski definition) is 6. The minimum Gasteiger partial charge on any atom is -0.480 e. The minimum atomic E-state index is -4.73. The predicted octanol–water partition coefficient (Wildman–Crippen LogP) is 2.92. The van der Waals surface area contributed by atoms with Crippen LogP contribution in [0.2, 0.25) is 5.02 Å². The van der Waals surface area contributed by atoms with Crippen LogP contribution in [0, 0.1) is 0 Å². The van der Waals surface area contributed by atoms with Crippen LogP contribution in [0.5, 0.6) is 5.75 Å². The summed E-state index contributed by atoms with van der Waals surface area (Å²) in [5, 5.41) is 14.0. The number of aromatic nitrogens is 2. The van der Waals surface area contributed by atoms with Gasteiger partial charge in [0.2, 0.25) is 0 Å². The molecular weight excluding hydrogens is 517 g/mol. The zero-order valence-electron chi connectivity index (χ0n) is 19.5. The van der Waals surface area contributed by atoms with E-state index in [1.54, 1.807) is 30.7 Å². The number of likely N-dealkylation sites (tertiary alicyclic amines) is 1. The lowest BCUT2D eigenvalue weighted by Crippen LogP contribution is -2.79. The van der Waals surface area contributed by atoms with Crippen LogP contribution in [-0.4, -0.2) is 68.6 Å². The summed E-state index contributed by atoms with van der Waals surface area (Å²) in [7, 11) is 0. The molecule has 0 unspecified atom stereocenters. The predicted molar refractivity (Wildman–Crippen MR) is 122 cm³/mol. The van der Waals surface area contributed by atoms with Crippen molar-refractivity contribution in [2.45, 2.75) is 67.9 Å². The first kappa shape index (κ1) is 24.5. The van der Waals surface area contributed by atoms with E-state index in [1.165, 1.54) is 4.90 Å². The van der Waals surface area contributed by atoms with Crippen molar-refractivity contribution in [3.05, 3.63) is 47.0 Å². The summed E-state index contributed by atoms with van der Waals surface area (Å²) in [6.07, 6.45) is -2.11. The third kappa shape index (κ3) is 4.34. The highest BCUT2D eigenvalue weighted by Crippen LogP contribution is 2.65. The van der Waals surface area contributed by atoms with Crippen molar-refractivity contribution in [2.24, 2.45) is 0 Å². The number of fused-ring (bicyclic) bond motifs is 1. The fourth-order valence-electron chi connectivity index (χ4n) is 6.11. The van der Waals surface area contributed by atoms with Crippen LogP contribution in [0.1, 0.15) is 54.3 Å². The molecule has 1 saturated heterocycles. The number of nitrogens with zero attached hydrogens (tertiary/aromatic N) is 3. The molecule has 2 aromatic rings. The van der Waals surface area contributed by atoms with Crippen molar-refractivity contribution in [1.29, 1.82) is 0 Å². The topological polar surface area (TPSA) is 106 Å². The largest absolute Gasteiger partial charge is 0.522 e. The highest BCUT2D eigenvalue weighted by atomic mass is 35.5. The molecule has 3 aliphatic carbocycles. The van der Waals surface area contributed by atoms with Crippen LogP contribution >= 0.6 is 11.6 Å². The van der Waals surface area contributed by atoms with Gasteiger partial charge in [0, 0.05) is 41.8 Å². The molecule has 7 rings (SSSR count). The van der Waals surface area contributed by atoms with E-state index in [2.05, 4.69) is 15.0 Å². The molecule has 2 bridgehead atoms. The molecule has 13 heteroatoms. The molecule has 0 radical (unpaired) electrons. The number of carbonyl (C=O) groups excluding carboxylic acids is 2. The summed E-state index contributed by atoms with van der Waals surface area (Å²) in [5.74, 6) is -0.294. The number of aliphatic hydroxyl groups is 1. The van der Waals surface area contributed by atoms with Gasteiger partial charge in [-0.05, 0) is 43.9 Å². The van der Waals surface area contributed by atoms with E-state index >= 15 is 0 Å². The fourth-order valence-corrected chi connectivity index (χ4v) is 6.29. The van der Waals surface area contributed by atoms with Crippen LogP contribution in [-0.2, 0) is 15.1 Å². The van der Waals surface area contributed by atoms with Gasteiger partial charge < -0.3 is 24.6 Å². The van der Waals surface area contributed by atoms with Crippen molar-refractivity contribution >= 4 is 23.4 Å². The Morgan fingerprint density at radius 2 is 2.03 bits per heavy atom. The van der Waals surface area contributed by atoms with Crippen molar-refractivity contribution in [2.75, 3.05) is 13.1 Å². The number of ether oxygens (including phenoxy) is 2. The van der Waals surface area contributed by atoms with Crippen molar-refractivity contribution < 1.29 is 37.3 Å². The number of alkyl halides is 3. The van der Waals surface area contributed by atoms with Gasteiger partial charge in [-0.3, -0.25) is 14.3 Å². The number of hydrogen-bond donors (Lipinski definition) is 2. The maximum absolute atomic E-state index is 12.9. The highest BCUT2D eigenvalue weighted by molar-refractivity contribution is 6.30. The third-order valence-electron chi connectivity index (χ3n) is 7.80. The Kier molecular flexibility index (Phi) is 5.52. The highest BCUT2D eigenvalue weighted by Gasteiger charge is 2.70. The Morgan fingerprint density at radius 1 is 1.27 bits per heavy atom. The molecule has 3 heterocycles. The van der Waals surface area contributed by atoms with Gasteiger partial charge in [0.1, 0.15) is 11.4 Å². The first-order chi connectivity index (χ1) is 17.4. The molecule has 4 fully saturated rings. The normalized spacial score (nSPS) is 32.1. The SMILES string of the molecule is O=C(NC12CC(n3cnc(C(=O)N4CC[C@H](OC(F)(F)F)C4)c3)(C1)C2)[C@H]1C[C@@H](O)c2cc(Cl)ccc2O1. The average Bonchev–Trinajstić information content (AvgIpc) is 3.44. The van der Waals surface area contributed by atoms with E-state index in [-0.39, 0.29) is 48.6 Å². The van der Waals surface area contributed by atoms with Gasteiger partial charge in [-0.25, -0.2) is 4.98 Å². The Hall–Kier alpha value is -2.83. The fraction of sp³-hybridized carbons (Fsp3) is 0.542. The average molecular weight is 541 g/mol. The number of amides is 2. The first-order valence-electron chi connectivity index (χ1n) is 12.0. The van der Waals surface area contributed by atoms with Crippen LogP contribution in [0.15, 0.2) is 30.7 Å². The zero-order chi connectivity index (χ0) is 26.2. The maximum atomic E-state index is 12.9. The van der Waals surface area contributed by atoms with E-state index in [9.17, 15) is 27.9 Å². The van der Waals surface area contributed by atoms with E-state index < -0.39 is 30.6 Å². The molecule has 198 valence electrons. The van der Waals surface area contributed by atoms with E-state index in [0.29, 0.717) is 35.6 Å². The van der Waals surface area contributed by atoms with E-state index in [0.717, 1.165) is 0 Å². The summed E-state index contributed by atoms with van der Waals surface area (Å²) in [5.41, 5.74) is 0.0850. The second-order valence-electron chi connectivity index (χ2n) is 10.5. The Morgan fingerprint density at radius 3 is 2.76 bits per heavy atom. The Labute approximate surface area is 214 Å². The molecule has 9 nitrogen and oxygen atoms in total. The number of carbonyl (C=O) groups is 2. The molecule has 37 heavy (non-hydrogen) atoms. The Bertz CT molecular complexity index is 1250. The smallest absolute Gasteiger partial charge is 0.480 e. The van der Waals surface area contributed by atoms with Gasteiger partial charge in [0.05, 0.1) is 24.1 Å². The summed E-state index contributed by atoms with van der Waals surface area (Å²) < 4.78 is 49.1. The molecule has 3 saturated carbocycles. The lowest BCUT2D eigenvalue weighted by atomic mass is 9.44. The lowest BCUT2D eigenvalue weighted by Gasteiger charge is -2.70. The number of rotatable bonds is 5. The second-order valence-corrected chi connectivity index (χ2v) is 10.9. The standard InChI is InChI=1S/C24H24ClF3N4O5/c25-13-1-2-18-15(5-13)17(33)6-19(36-18)20(34)30-22-9-23(10-22,11-22)32-8-16(29-12-32)21(35)31-4-3-14(7-31)37-24(26,27)28/h1-2,5,8,12,14,17,19,33H,3-4,6-7,9-11H2,(H,30,34)/t14-,17+,19+,22?,23?/m0/s1. The molecule has 3 atom stereocenters.